The number of fused-ring (bicyclic) bond motifs is 1. The number of rotatable bonds is 5. The summed E-state index contributed by atoms with van der Waals surface area (Å²) in [6.07, 6.45) is 5.25. The monoisotopic (exact) mass is 303 g/mol. The molecule has 0 aromatic carbocycles. The lowest BCUT2D eigenvalue weighted by atomic mass is 10.1. The maximum atomic E-state index is 12.1. The van der Waals surface area contributed by atoms with Gasteiger partial charge in [0.2, 0.25) is 5.65 Å². The maximum absolute atomic E-state index is 12.1. The fourth-order valence-corrected chi connectivity index (χ4v) is 1.83. The maximum Gasteiger partial charge on any atom is 0.226 e. The van der Waals surface area contributed by atoms with E-state index in [0.717, 1.165) is 4.90 Å². The number of Topliss-reactive ketones (excluding diaryl/α,β-unsaturated/α-hetero) is 1. The molecule has 0 aliphatic heterocycles. The van der Waals surface area contributed by atoms with Crippen LogP contribution in [-0.4, -0.2) is 60.5 Å². The Hall–Kier alpha value is -2.61. The van der Waals surface area contributed by atoms with Crippen LogP contribution in [0, 0.1) is 0 Å². The molecule has 22 heavy (non-hydrogen) atoms. The second kappa shape index (κ2) is 6.44. The molecule has 0 aliphatic carbocycles. The Labute approximate surface area is 128 Å². The molecule has 0 saturated carbocycles. The summed E-state index contributed by atoms with van der Waals surface area (Å²) in [5.74, 6) is -0.142. The zero-order valence-corrected chi connectivity index (χ0v) is 13.3. The van der Waals surface area contributed by atoms with Crippen LogP contribution in [-0.2, 0) is 0 Å². The Morgan fingerprint density at radius 3 is 2.64 bits per heavy atom. The third-order valence-electron chi connectivity index (χ3n) is 2.76. The van der Waals surface area contributed by atoms with Crippen molar-refractivity contribution in [1.82, 2.24) is 20.2 Å². The highest BCUT2D eigenvalue weighted by atomic mass is 16.6. The third-order valence-corrected chi connectivity index (χ3v) is 2.76. The topological polar surface area (TPSA) is 88.9 Å². The minimum atomic E-state index is -0.142. The van der Waals surface area contributed by atoms with E-state index in [9.17, 15) is 4.79 Å². The van der Waals surface area contributed by atoms with Crippen LogP contribution in [0.3, 0.4) is 0 Å². The normalized spacial score (nSPS) is 12.1. The summed E-state index contributed by atoms with van der Waals surface area (Å²) in [5, 5.41) is 7.57. The summed E-state index contributed by atoms with van der Waals surface area (Å²) < 4.78 is 4.74. The van der Waals surface area contributed by atoms with Crippen LogP contribution < -0.4 is 4.90 Å². The first-order valence-corrected chi connectivity index (χ1v) is 6.76. The molecule has 0 radical (unpaired) electrons. The fraction of sp³-hybridized carbons (Fsp3) is 0.357. The van der Waals surface area contributed by atoms with Crippen LogP contribution in [0.15, 0.2) is 15.8 Å². The number of hydrogen-bond donors (Lipinski definition) is 1. The molecule has 2 heterocycles. The van der Waals surface area contributed by atoms with Gasteiger partial charge in [-0.15, -0.1) is 0 Å². The fourth-order valence-electron chi connectivity index (χ4n) is 1.83. The predicted octanol–water partition coefficient (Wildman–Crippen LogP) is 0.157. The number of carbonyl (C=O) groups excluding carboxylic acids is 1. The second-order valence-electron chi connectivity index (χ2n) is 5.33. The molecule has 8 nitrogen and oxygen atoms in total. The SMILES string of the molecule is CC(=O)c1c(/C=C/[NH+](C)C)nc2nonc2c1N=CN(C)C. The summed E-state index contributed by atoms with van der Waals surface area (Å²) in [7, 11) is 7.61. The third kappa shape index (κ3) is 3.34. The van der Waals surface area contributed by atoms with Gasteiger partial charge in [0.25, 0.3) is 0 Å². The molecular weight excluding hydrogens is 284 g/mol. The van der Waals surface area contributed by atoms with E-state index < -0.39 is 0 Å². The standard InChI is InChI=1S/C14H18N6O2/c1-9(21)11-10(6-7-19(2)3)16-14-13(17-22-18-14)12(11)15-8-20(4)5/h6-8H,1-5H3/p+1/b7-6+,15-8?. The minimum Gasteiger partial charge on any atom is -0.369 e. The molecule has 116 valence electrons. The Morgan fingerprint density at radius 1 is 1.32 bits per heavy atom. The van der Waals surface area contributed by atoms with Gasteiger partial charge < -0.3 is 9.80 Å². The van der Waals surface area contributed by atoms with Crippen LogP contribution in [0.1, 0.15) is 23.0 Å². The molecule has 2 aromatic rings. The highest BCUT2D eigenvalue weighted by molar-refractivity contribution is 6.07. The molecule has 0 aliphatic rings. The number of aromatic nitrogens is 3. The molecule has 1 N–H and O–H groups in total. The number of nitrogens with zero attached hydrogens (tertiary/aromatic N) is 5. The van der Waals surface area contributed by atoms with Crippen molar-refractivity contribution in [3.8, 4) is 0 Å². The van der Waals surface area contributed by atoms with Gasteiger partial charge in [-0.1, -0.05) is 0 Å². The van der Waals surface area contributed by atoms with Crippen molar-refractivity contribution in [2.75, 3.05) is 28.2 Å². The first kappa shape index (κ1) is 15.8. The van der Waals surface area contributed by atoms with E-state index in [1.54, 1.807) is 17.3 Å². The molecule has 0 saturated heterocycles. The molecule has 2 rings (SSSR count). The van der Waals surface area contributed by atoms with Crippen molar-refractivity contribution in [2.24, 2.45) is 4.99 Å². The number of nitrogens with one attached hydrogen (secondary N) is 1. The van der Waals surface area contributed by atoms with E-state index in [-0.39, 0.29) is 5.78 Å². The van der Waals surface area contributed by atoms with Gasteiger partial charge in [-0.05, 0) is 17.2 Å². The lowest BCUT2D eigenvalue weighted by molar-refractivity contribution is -0.800. The van der Waals surface area contributed by atoms with Gasteiger partial charge in [-0.3, -0.25) is 4.79 Å². The number of ketones is 1. The van der Waals surface area contributed by atoms with Gasteiger partial charge in [-0.2, -0.15) is 0 Å². The summed E-state index contributed by atoms with van der Waals surface area (Å²) >= 11 is 0. The zero-order chi connectivity index (χ0) is 16.3. The van der Waals surface area contributed by atoms with Crippen LogP contribution in [0.25, 0.3) is 17.2 Å². The molecule has 0 fully saturated rings. The first-order valence-electron chi connectivity index (χ1n) is 6.76. The summed E-state index contributed by atoms with van der Waals surface area (Å²) in [6, 6.07) is 0. The molecular formula is C14H19N6O2+. The van der Waals surface area contributed by atoms with Gasteiger partial charge in [0.05, 0.1) is 37.9 Å². The van der Waals surface area contributed by atoms with E-state index in [2.05, 4.69) is 20.3 Å². The zero-order valence-electron chi connectivity index (χ0n) is 13.3. The van der Waals surface area contributed by atoms with E-state index >= 15 is 0 Å². The van der Waals surface area contributed by atoms with Crippen molar-refractivity contribution >= 4 is 35.0 Å². The minimum absolute atomic E-state index is 0.142. The van der Waals surface area contributed by atoms with E-state index in [1.807, 2.05) is 34.4 Å². The van der Waals surface area contributed by atoms with Crippen molar-refractivity contribution in [3.63, 3.8) is 0 Å². The molecule has 0 amide bonds. The van der Waals surface area contributed by atoms with Gasteiger partial charge in [-0.25, -0.2) is 14.6 Å². The van der Waals surface area contributed by atoms with Gasteiger partial charge in [0.1, 0.15) is 5.69 Å². The molecule has 0 bridgehead atoms. The molecule has 8 heteroatoms. The average Bonchev–Trinajstić information content (AvgIpc) is 2.89. The summed E-state index contributed by atoms with van der Waals surface area (Å²) in [6.45, 7) is 1.48. The van der Waals surface area contributed by atoms with Gasteiger partial charge in [0, 0.05) is 20.2 Å². The van der Waals surface area contributed by atoms with Crippen LogP contribution in [0.2, 0.25) is 0 Å². The van der Waals surface area contributed by atoms with E-state index in [0.29, 0.717) is 28.1 Å². The number of carbonyl (C=O) groups is 1. The highest BCUT2D eigenvalue weighted by Gasteiger charge is 2.20. The summed E-state index contributed by atoms with van der Waals surface area (Å²) in [5.41, 5.74) is 2.02. The second-order valence-corrected chi connectivity index (χ2v) is 5.33. The van der Waals surface area contributed by atoms with E-state index in [4.69, 9.17) is 4.63 Å². The quantitative estimate of drug-likeness (QED) is 0.481. The molecule has 0 spiro atoms. The molecule has 0 unspecified atom stereocenters. The van der Waals surface area contributed by atoms with Crippen LogP contribution in [0.4, 0.5) is 5.69 Å². The number of quaternary nitrogens is 1. The lowest BCUT2D eigenvalue weighted by Gasteiger charge is -2.08. The average molecular weight is 303 g/mol. The smallest absolute Gasteiger partial charge is 0.226 e. The number of aliphatic imine (C=N–C) groups is 1. The Kier molecular flexibility index (Phi) is 4.62. The molecule has 2 aromatic heterocycles. The molecule has 0 atom stereocenters. The van der Waals surface area contributed by atoms with Crippen LogP contribution >= 0.6 is 0 Å². The van der Waals surface area contributed by atoms with Crippen molar-refractivity contribution in [2.45, 2.75) is 6.92 Å². The Bertz CT molecular complexity index is 745. The first-order chi connectivity index (χ1) is 10.4. The summed E-state index contributed by atoms with van der Waals surface area (Å²) in [4.78, 5) is 23.6. The number of pyridine rings is 1. The van der Waals surface area contributed by atoms with Crippen LogP contribution in [0.5, 0.6) is 0 Å². The highest BCUT2D eigenvalue weighted by Crippen LogP contribution is 2.30. The number of hydrogen-bond acceptors (Lipinski definition) is 6. The largest absolute Gasteiger partial charge is 0.369 e. The van der Waals surface area contributed by atoms with Crippen molar-refractivity contribution in [1.29, 1.82) is 0 Å². The van der Waals surface area contributed by atoms with E-state index in [1.165, 1.54) is 6.92 Å². The van der Waals surface area contributed by atoms with Gasteiger partial charge in [0.15, 0.2) is 11.3 Å². The Balaban J connectivity index is 2.74. The lowest BCUT2D eigenvalue weighted by Crippen LogP contribution is -3.00. The Morgan fingerprint density at radius 2 is 2.05 bits per heavy atom. The predicted molar refractivity (Wildman–Crippen MR) is 83.3 cm³/mol. The van der Waals surface area contributed by atoms with Crippen molar-refractivity contribution in [3.05, 3.63) is 17.5 Å². The van der Waals surface area contributed by atoms with Crippen molar-refractivity contribution < 1.29 is 14.3 Å². The van der Waals surface area contributed by atoms with Gasteiger partial charge >= 0.3 is 0 Å².